The van der Waals surface area contributed by atoms with Gasteiger partial charge in [-0.05, 0) is 24.1 Å². The fourth-order valence-corrected chi connectivity index (χ4v) is 2.79. The van der Waals surface area contributed by atoms with Gasteiger partial charge < -0.3 is 24.7 Å². The average Bonchev–Trinajstić information content (AvgIpc) is 2.78. The van der Waals surface area contributed by atoms with Gasteiger partial charge in [-0.25, -0.2) is 0 Å². The van der Waals surface area contributed by atoms with E-state index in [0.717, 1.165) is 12.8 Å². The maximum Gasteiger partial charge on any atom is 0.326 e. The molecule has 178 valence electrons. The number of ether oxygens (including phenoxy) is 4. The molecule has 1 atom stereocenters. The van der Waals surface area contributed by atoms with Gasteiger partial charge in [0.05, 0.1) is 13.7 Å². The normalized spacial score (nSPS) is 12.4. The molecule has 0 unspecified atom stereocenters. The summed E-state index contributed by atoms with van der Waals surface area (Å²) in [5, 5.41) is 0. The molecule has 9 heteroatoms. The van der Waals surface area contributed by atoms with Crippen molar-refractivity contribution in [1.82, 2.24) is 0 Å². The van der Waals surface area contributed by atoms with Crippen molar-refractivity contribution in [2.24, 2.45) is 5.73 Å². The van der Waals surface area contributed by atoms with E-state index in [0.29, 0.717) is 12.0 Å². The molecule has 32 heavy (non-hydrogen) atoms. The van der Waals surface area contributed by atoms with Gasteiger partial charge in [-0.15, -0.1) is 0 Å². The number of carbonyl (C=O) groups excluding carboxylic acids is 4. The maximum atomic E-state index is 12.4. The molecule has 0 aliphatic rings. The molecular weight excluding hydrogens is 418 g/mol. The number of carbonyl (C=O) groups is 4. The van der Waals surface area contributed by atoms with Crippen LogP contribution in [0.25, 0.3) is 0 Å². The fraction of sp³-hybridized carbons (Fsp3) is 0.565. The zero-order valence-electron chi connectivity index (χ0n) is 19.2. The first-order valence-corrected chi connectivity index (χ1v) is 10.8. The molecule has 1 aromatic rings. The molecule has 1 aromatic carbocycles. The Morgan fingerprint density at radius 2 is 1.56 bits per heavy atom. The molecule has 0 aliphatic heterocycles. The molecule has 0 bridgehead atoms. The third-order valence-corrected chi connectivity index (χ3v) is 4.69. The number of methoxy groups -OCH3 is 1. The van der Waals surface area contributed by atoms with Gasteiger partial charge in [0.2, 0.25) is 0 Å². The number of rotatable bonds is 13. The van der Waals surface area contributed by atoms with Crippen molar-refractivity contribution in [1.29, 1.82) is 0 Å². The van der Waals surface area contributed by atoms with Crippen LogP contribution < -0.4 is 15.2 Å². The van der Waals surface area contributed by atoms with E-state index in [-0.39, 0.29) is 49.8 Å². The number of benzene rings is 1. The van der Waals surface area contributed by atoms with Crippen LogP contribution in [0.2, 0.25) is 0 Å². The summed E-state index contributed by atoms with van der Waals surface area (Å²) in [5.74, 6) is -1.88. The molecule has 2 N–H and O–H groups in total. The van der Waals surface area contributed by atoms with Crippen molar-refractivity contribution < 1.29 is 38.1 Å². The molecule has 0 aromatic heterocycles. The number of hydrogen-bond acceptors (Lipinski definition) is 9. The lowest BCUT2D eigenvalue weighted by Gasteiger charge is -2.26. The number of esters is 4. The lowest BCUT2D eigenvalue weighted by atomic mass is 9.88. The Balaban J connectivity index is 3.05. The minimum absolute atomic E-state index is 0.0187. The fourth-order valence-electron chi connectivity index (χ4n) is 2.79. The standard InChI is InChI=1S/C23H33NO8/c1-5-8-9-21(27)30-13-12-23(24,22(28)29-4)15-16-10-11-17(31-19(25)6-2)18(14-16)32-20(26)7-3/h10-11,14H,5-9,12-13,15,24H2,1-4H3/t23-/m1/s1. The summed E-state index contributed by atoms with van der Waals surface area (Å²) < 4.78 is 20.5. The van der Waals surface area contributed by atoms with Crippen LogP contribution in [0.5, 0.6) is 11.5 Å². The van der Waals surface area contributed by atoms with Crippen LogP contribution in [-0.2, 0) is 35.1 Å². The van der Waals surface area contributed by atoms with E-state index in [2.05, 4.69) is 0 Å². The smallest absolute Gasteiger partial charge is 0.326 e. The number of hydrogen-bond donors (Lipinski definition) is 1. The summed E-state index contributed by atoms with van der Waals surface area (Å²) in [5.41, 5.74) is 5.40. The molecule has 1 rings (SSSR count). The molecule has 0 radical (unpaired) electrons. The molecule has 0 fully saturated rings. The van der Waals surface area contributed by atoms with Gasteiger partial charge in [0.15, 0.2) is 11.5 Å². The predicted octanol–water partition coefficient (Wildman–Crippen LogP) is 2.85. The van der Waals surface area contributed by atoms with Crippen LogP contribution in [0.4, 0.5) is 0 Å². The Bertz CT molecular complexity index is 807. The lowest BCUT2D eigenvalue weighted by molar-refractivity contribution is -0.151. The van der Waals surface area contributed by atoms with Crippen molar-refractivity contribution in [2.45, 2.75) is 71.3 Å². The van der Waals surface area contributed by atoms with E-state index in [1.54, 1.807) is 19.9 Å². The van der Waals surface area contributed by atoms with Crippen LogP contribution in [0.1, 0.15) is 64.9 Å². The van der Waals surface area contributed by atoms with Gasteiger partial charge in [-0.1, -0.05) is 33.3 Å². The van der Waals surface area contributed by atoms with Crippen molar-refractivity contribution in [2.75, 3.05) is 13.7 Å². The van der Waals surface area contributed by atoms with Crippen molar-refractivity contribution in [3.05, 3.63) is 23.8 Å². The third-order valence-electron chi connectivity index (χ3n) is 4.69. The Labute approximate surface area is 188 Å². The second-order valence-electron chi connectivity index (χ2n) is 7.33. The van der Waals surface area contributed by atoms with E-state index in [9.17, 15) is 19.2 Å². The van der Waals surface area contributed by atoms with E-state index >= 15 is 0 Å². The van der Waals surface area contributed by atoms with Crippen LogP contribution in [0.15, 0.2) is 18.2 Å². The molecule has 0 heterocycles. The van der Waals surface area contributed by atoms with Gasteiger partial charge in [0.25, 0.3) is 0 Å². The van der Waals surface area contributed by atoms with Crippen molar-refractivity contribution >= 4 is 23.9 Å². The quantitative estimate of drug-likeness (QED) is 0.355. The first-order chi connectivity index (χ1) is 15.2. The monoisotopic (exact) mass is 451 g/mol. The van der Waals surface area contributed by atoms with E-state index < -0.39 is 23.4 Å². The van der Waals surface area contributed by atoms with Gasteiger partial charge >= 0.3 is 23.9 Å². The van der Waals surface area contributed by atoms with E-state index in [1.807, 2.05) is 6.92 Å². The third kappa shape index (κ3) is 8.66. The van der Waals surface area contributed by atoms with Crippen LogP contribution >= 0.6 is 0 Å². The first-order valence-electron chi connectivity index (χ1n) is 10.8. The minimum atomic E-state index is -1.48. The maximum absolute atomic E-state index is 12.4. The summed E-state index contributed by atoms with van der Waals surface area (Å²) in [6.07, 6.45) is 2.21. The largest absolute Gasteiger partial charge is 0.468 e. The Morgan fingerprint density at radius 3 is 2.12 bits per heavy atom. The highest BCUT2D eigenvalue weighted by molar-refractivity contribution is 5.81. The van der Waals surface area contributed by atoms with Crippen LogP contribution in [-0.4, -0.2) is 43.1 Å². The summed E-state index contributed by atoms with van der Waals surface area (Å²) >= 11 is 0. The molecular formula is C23H33NO8. The highest BCUT2D eigenvalue weighted by Crippen LogP contribution is 2.31. The van der Waals surface area contributed by atoms with Crippen LogP contribution in [0.3, 0.4) is 0 Å². The Morgan fingerprint density at radius 1 is 0.938 bits per heavy atom. The summed E-state index contributed by atoms with van der Waals surface area (Å²) in [4.78, 5) is 47.6. The Kier molecular flexibility index (Phi) is 11.4. The Hall–Kier alpha value is -2.94. The minimum Gasteiger partial charge on any atom is -0.468 e. The number of unbranched alkanes of at least 4 members (excludes halogenated alkanes) is 1. The SMILES string of the molecule is CCCCC(=O)OCC[C@@](N)(Cc1ccc(OC(=O)CC)c(OC(=O)CC)c1)C(=O)OC. The van der Waals surface area contributed by atoms with Gasteiger partial charge in [-0.3, -0.25) is 19.2 Å². The molecule has 0 saturated carbocycles. The molecule has 9 nitrogen and oxygen atoms in total. The van der Waals surface area contributed by atoms with Crippen molar-refractivity contribution in [3.63, 3.8) is 0 Å². The highest BCUT2D eigenvalue weighted by Gasteiger charge is 2.36. The first kappa shape index (κ1) is 27.1. The van der Waals surface area contributed by atoms with Crippen molar-refractivity contribution in [3.8, 4) is 11.5 Å². The summed E-state index contributed by atoms with van der Waals surface area (Å²) in [7, 11) is 1.22. The zero-order chi connectivity index (χ0) is 24.1. The lowest BCUT2D eigenvalue weighted by Crippen LogP contribution is -2.51. The zero-order valence-corrected chi connectivity index (χ0v) is 19.2. The van der Waals surface area contributed by atoms with Gasteiger partial charge in [-0.2, -0.15) is 0 Å². The molecule has 0 saturated heterocycles. The predicted molar refractivity (Wildman–Crippen MR) is 116 cm³/mol. The second kappa shape index (κ2) is 13.5. The van der Waals surface area contributed by atoms with E-state index in [1.165, 1.54) is 19.2 Å². The van der Waals surface area contributed by atoms with Gasteiger partial charge in [0.1, 0.15) is 5.54 Å². The second-order valence-corrected chi connectivity index (χ2v) is 7.33. The molecule has 0 aliphatic carbocycles. The van der Waals surface area contributed by atoms with E-state index in [4.69, 9.17) is 24.7 Å². The summed E-state index contributed by atoms with van der Waals surface area (Å²) in [6.45, 7) is 5.20. The average molecular weight is 452 g/mol. The number of nitrogens with two attached hydrogens (primary N) is 1. The highest BCUT2D eigenvalue weighted by atomic mass is 16.6. The molecule has 0 amide bonds. The molecule has 0 spiro atoms. The topological polar surface area (TPSA) is 131 Å². The van der Waals surface area contributed by atoms with Crippen LogP contribution in [0, 0.1) is 0 Å². The van der Waals surface area contributed by atoms with Gasteiger partial charge in [0, 0.05) is 32.1 Å². The summed E-state index contributed by atoms with van der Waals surface area (Å²) in [6, 6.07) is 4.58.